The number of rotatable bonds is 8. The van der Waals surface area contributed by atoms with E-state index in [4.69, 9.17) is 0 Å². The summed E-state index contributed by atoms with van der Waals surface area (Å²) in [5.41, 5.74) is 2.31. The SMILES string of the molecule is Cn1cc(C(=O)NCc2ccc(F)cc2)c(CC2CCN(CCN3CCCC3=O)CC2)n1. The van der Waals surface area contributed by atoms with Crippen molar-refractivity contribution >= 4 is 11.8 Å². The molecule has 0 atom stereocenters. The molecule has 2 aromatic rings. The van der Waals surface area contributed by atoms with Crippen LogP contribution in [0, 0.1) is 11.7 Å². The number of halogens is 1. The Kier molecular flexibility index (Phi) is 7.19. The predicted molar refractivity (Wildman–Crippen MR) is 119 cm³/mol. The van der Waals surface area contributed by atoms with Crippen LogP contribution in [0.3, 0.4) is 0 Å². The van der Waals surface area contributed by atoms with Gasteiger partial charge in [0, 0.05) is 45.8 Å². The predicted octanol–water partition coefficient (Wildman–Crippen LogP) is 2.37. The number of nitrogens with zero attached hydrogens (tertiary/aromatic N) is 4. The summed E-state index contributed by atoms with van der Waals surface area (Å²) in [5, 5.41) is 7.48. The van der Waals surface area contributed by atoms with Gasteiger partial charge in [0.15, 0.2) is 0 Å². The number of aromatic nitrogens is 2. The second-order valence-electron chi connectivity index (χ2n) is 8.95. The number of aryl methyl sites for hydroxylation is 1. The van der Waals surface area contributed by atoms with Crippen LogP contribution in [-0.2, 0) is 24.8 Å². The van der Waals surface area contributed by atoms with Crippen molar-refractivity contribution in [2.24, 2.45) is 13.0 Å². The maximum Gasteiger partial charge on any atom is 0.255 e. The van der Waals surface area contributed by atoms with E-state index in [-0.39, 0.29) is 11.7 Å². The Morgan fingerprint density at radius 1 is 1.16 bits per heavy atom. The molecular formula is C24H32FN5O2. The van der Waals surface area contributed by atoms with Crippen molar-refractivity contribution in [2.45, 2.75) is 38.6 Å². The van der Waals surface area contributed by atoms with E-state index < -0.39 is 0 Å². The largest absolute Gasteiger partial charge is 0.348 e. The molecule has 8 heteroatoms. The summed E-state index contributed by atoms with van der Waals surface area (Å²) in [4.78, 5) is 29.0. The summed E-state index contributed by atoms with van der Waals surface area (Å²) in [5.74, 6) is 0.355. The molecule has 2 aliphatic heterocycles. The van der Waals surface area contributed by atoms with Crippen LogP contribution in [0.4, 0.5) is 4.39 Å². The molecule has 2 fully saturated rings. The third-order valence-corrected chi connectivity index (χ3v) is 6.56. The summed E-state index contributed by atoms with van der Waals surface area (Å²) in [6, 6.07) is 6.14. The first-order valence-corrected chi connectivity index (χ1v) is 11.5. The number of benzene rings is 1. The van der Waals surface area contributed by atoms with E-state index in [0.717, 1.165) is 69.7 Å². The van der Waals surface area contributed by atoms with Gasteiger partial charge < -0.3 is 15.1 Å². The maximum atomic E-state index is 13.1. The van der Waals surface area contributed by atoms with Crippen molar-refractivity contribution in [3.8, 4) is 0 Å². The first kappa shape index (κ1) is 22.5. The zero-order valence-electron chi connectivity index (χ0n) is 18.7. The highest BCUT2D eigenvalue weighted by Crippen LogP contribution is 2.23. The number of hydrogen-bond acceptors (Lipinski definition) is 4. The molecule has 0 spiro atoms. The zero-order chi connectivity index (χ0) is 22.5. The smallest absolute Gasteiger partial charge is 0.255 e. The monoisotopic (exact) mass is 441 g/mol. The van der Waals surface area contributed by atoms with Crippen LogP contribution >= 0.6 is 0 Å². The van der Waals surface area contributed by atoms with Gasteiger partial charge in [-0.3, -0.25) is 14.3 Å². The molecular weight excluding hydrogens is 409 g/mol. The number of hydrogen-bond donors (Lipinski definition) is 1. The third-order valence-electron chi connectivity index (χ3n) is 6.56. The second kappa shape index (κ2) is 10.3. The Labute approximate surface area is 188 Å². The summed E-state index contributed by atoms with van der Waals surface area (Å²) >= 11 is 0. The van der Waals surface area contributed by atoms with E-state index in [9.17, 15) is 14.0 Å². The number of nitrogens with one attached hydrogen (secondary N) is 1. The molecule has 3 heterocycles. The lowest BCUT2D eigenvalue weighted by Gasteiger charge is -2.32. The minimum Gasteiger partial charge on any atom is -0.348 e. The van der Waals surface area contributed by atoms with Crippen LogP contribution in [0.5, 0.6) is 0 Å². The topological polar surface area (TPSA) is 70.5 Å². The van der Waals surface area contributed by atoms with Gasteiger partial charge in [0.1, 0.15) is 5.82 Å². The molecule has 2 saturated heterocycles. The van der Waals surface area contributed by atoms with Crippen LogP contribution in [-0.4, -0.2) is 64.1 Å². The molecule has 32 heavy (non-hydrogen) atoms. The Morgan fingerprint density at radius 3 is 2.59 bits per heavy atom. The highest BCUT2D eigenvalue weighted by atomic mass is 19.1. The molecule has 0 unspecified atom stereocenters. The third kappa shape index (κ3) is 5.73. The van der Waals surface area contributed by atoms with Gasteiger partial charge in [0.05, 0.1) is 11.3 Å². The molecule has 0 saturated carbocycles. The highest BCUT2D eigenvalue weighted by Gasteiger charge is 2.25. The van der Waals surface area contributed by atoms with Gasteiger partial charge in [-0.15, -0.1) is 0 Å². The van der Waals surface area contributed by atoms with Crippen LogP contribution in [0.15, 0.2) is 30.5 Å². The number of amides is 2. The van der Waals surface area contributed by atoms with E-state index in [1.807, 2.05) is 11.9 Å². The van der Waals surface area contributed by atoms with Crippen molar-refractivity contribution in [3.63, 3.8) is 0 Å². The van der Waals surface area contributed by atoms with Crippen LogP contribution in [0.2, 0.25) is 0 Å². The molecule has 1 aromatic carbocycles. The quantitative estimate of drug-likeness (QED) is 0.683. The van der Waals surface area contributed by atoms with Crippen molar-refractivity contribution < 1.29 is 14.0 Å². The minimum absolute atomic E-state index is 0.148. The zero-order valence-corrected chi connectivity index (χ0v) is 18.7. The van der Waals surface area contributed by atoms with Crippen LogP contribution in [0.1, 0.15) is 47.3 Å². The minimum atomic E-state index is -0.287. The van der Waals surface area contributed by atoms with Crippen LogP contribution < -0.4 is 5.32 Å². The molecule has 0 bridgehead atoms. The highest BCUT2D eigenvalue weighted by molar-refractivity contribution is 5.95. The van der Waals surface area contributed by atoms with Gasteiger partial charge in [-0.2, -0.15) is 5.10 Å². The van der Waals surface area contributed by atoms with Crippen molar-refractivity contribution in [3.05, 3.63) is 53.1 Å². The van der Waals surface area contributed by atoms with E-state index in [2.05, 4.69) is 15.3 Å². The van der Waals surface area contributed by atoms with E-state index in [1.54, 1.807) is 23.0 Å². The molecule has 2 amide bonds. The molecule has 1 N–H and O–H groups in total. The average Bonchev–Trinajstić information content (AvgIpc) is 3.37. The van der Waals surface area contributed by atoms with E-state index in [1.165, 1.54) is 12.1 Å². The summed E-state index contributed by atoms with van der Waals surface area (Å²) in [6.45, 7) is 5.07. The summed E-state index contributed by atoms with van der Waals surface area (Å²) < 4.78 is 14.8. The number of likely N-dealkylation sites (tertiary alicyclic amines) is 2. The molecule has 2 aliphatic rings. The first-order valence-electron chi connectivity index (χ1n) is 11.5. The van der Waals surface area contributed by atoms with Crippen molar-refractivity contribution in [1.29, 1.82) is 0 Å². The standard InChI is InChI=1S/C24H32FN5O2/c1-28-17-21(24(32)26-16-19-4-6-20(25)7-5-19)22(27-28)15-18-8-11-29(12-9-18)13-14-30-10-2-3-23(30)31/h4-7,17-18H,2-3,8-16H2,1H3,(H,26,32). The van der Waals surface area contributed by atoms with E-state index >= 15 is 0 Å². The maximum absolute atomic E-state index is 13.1. The fourth-order valence-corrected chi connectivity index (χ4v) is 4.64. The Hall–Kier alpha value is -2.74. The van der Waals surface area contributed by atoms with Gasteiger partial charge in [-0.05, 0) is 62.4 Å². The number of piperidine rings is 1. The van der Waals surface area contributed by atoms with Gasteiger partial charge in [0.25, 0.3) is 5.91 Å². The molecule has 172 valence electrons. The van der Waals surface area contributed by atoms with Gasteiger partial charge in [-0.1, -0.05) is 12.1 Å². The summed E-state index contributed by atoms with van der Waals surface area (Å²) in [7, 11) is 1.84. The number of carbonyl (C=O) groups excluding carboxylic acids is 2. The Balaban J connectivity index is 1.26. The fraction of sp³-hybridized carbons (Fsp3) is 0.542. The Bertz CT molecular complexity index is 934. The van der Waals surface area contributed by atoms with Crippen molar-refractivity contribution in [1.82, 2.24) is 24.9 Å². The summed E-state index contributed by atoms with van der Waals surface area (Å²) in [6.07, 6.45) is 6.40. The fourth-order valence-electron chi connectivity index (χ4n) is 4.64. The first-order chi connectivity index (χ1) is 15.5. The van der Waals surface area contributed by atoms with Crippen molar-refractivity contribution in [2.75, 3.05) is 32.7 Å². The van der Waals surface area contributed by atoms with Gasteiger partial charge in [-0.25, -0.2) is 4.39 Å². The van der Waals surface area contributed by atoms with E-state index in [0.29, 0.717) is 30.4 Å². The van der Waals surface area contributed by atoms with Gasteiger partial charge >= 0.3 is 0 Å². The lowest BCUT2D eigenvalue weighted by Crippen LogP contribution is -2.40. The molecule has 7 nitrogen and oxygen atoms in total. The molecule has 1 aromatic heterocycles. The lowest BCUT2D eigenvalue weighted by molar-refractivity contribution is -0.127. The molecule has 0 radical (unpaired) electrons. The molecule has 0 aliphatic carbocycles. The number of carbonyl (C=O) groups is 2. The lowest BCUT2D eigenvalue weighted by atomic mass is 9.91. The second-order valence-corrected chi connectivity index (χ2v) is 8.95. The van der Waals surface area contributed by atoms with Gasteiger partial charge in [0.2, 0.25) is 5.91 Å². The Morgan fingerprint density at radius 2 is 1.91 bits per heavy atom. The normalized spacial score (nSPS) is 17.8. The molecule has 4 rings (SSSR count). The average molecular weight is 442 g/mol. The van der Waals surface area contributed by atoms with Crippen LogP contribution in [0.25, 0.3) is 0 Å².